The molecule has 0 aliphatic rings. The van der Waals surface area contributed by atoms with Gasteiger partial charge in [0.25, 0.3) is 0 Å². The van der Waals surface area contributed by atoms with E-state index in [-0.39, 0.29) is 53.9 Å². The van der Waals surface area contributed by atoms with Gasteiger partial charge in [-0.2, -0.15) is 0 Å². The SMILES string of the molecule is CCCCCCCCCCCCCCCCCC/C=C/CCCCOC(=O)c1ccc(S(=O)(=O)[O-])cc1C(=O)OCCCC/C=C/CCCCCCCCCCCCCCCCCC.[Na+]. The molecule has 0 unspecified atom stereocenters. The average Bonchev–Trinajstić information content (AvgIpc) is 3.28. The van der Waals surface area contributed by atoms with Crippen molar-refractivity contribution in [1.82, 2.24) is 0 Å². The Morgan fingerprint density at radius 2 is 0.677 bits per heavy atom. The van der Waals surface area contributed by atoms with E-state index in [4.69, 9.17) is 9.47 Å². The predicted molar refractivity (Wildman–Crippen MR) is 269 cm³/mol. The minimum atomic E-state index is -4.83. The Bertz CT molecular complexity index is 1410. The molecule has 0 bridgehead atoms. The van der Waals surface area contributed by atoms with Gasteiger partial charge in [-0.1, -0.05) is 231 Å². The van der Waals surface area contributed by atoms with E-state index in [0.717, 1.165) is 56.7 Å². The van der Waals surface area contributed by atoms with Gasteiger partial charge in [0.05, 0.1) is 29.2 Å². The van der Waals surface area contributed by atoms with E-state index < -0.39 is 27.0 Å². The zero-order valence-corrected chi connectivity index (χ0v) is 45.3. The smallest absolute Gasteiger partial charge is 0.744 e. The van der Waals surface area contributed by atoms with Crippen LogP contribution in [-0.4, -0.2) is 38.1 Å². The van der Waals surface area contributed by atoms with Crippen molar-refractivity contribution >= 4 is 22.1 Å². The Morgan fingerprint density at radius 1 is 0.415 bits per heavy atom. The number of carbonyl (C=O) groups is 2. The van der Waals surface area contributed by atoms with Crippen LogP contribution in [0.5, 0.6) is 0 Å². The second kappa shape index (κ2) is 47.6. The van der Waals surface area contributed by atoms with E-state index in [0.29, 0.717) is 12.8 Å². The molecule has 0 radical (unpaired) electrons. The summed E-state index contributed by atoms with van der Waals surface area (Å²) in [5.74, 6) is -1.58. The molecular weight excluding hydrogens is 840 g/mol. The zero-order chi connectivity index (χ0) is 46.4. The second-order valence-electron chi connectivity index (χ2n) is 18.6. The van der Waals surface area contributed by atoms with Crippen LogP contribution in [0.1, 0.15) is 291 Å². The monoisotopic (exact) mass is 937 g/mol. The van der Waals surface area contributed by atoms with Crippen LogP contribution in [0.3, 0.4) is 0 Å². The van der Waals surface area contributed by atoms with Gasteiger partial charge in [-0.25, -0.2) is 18.0 Å². The fourth-order valence-electron chi connectivity index (χ4n) is 8.33. The average molecular weight is 937 g/mol. The summed E-state index contributed by atoms with van der Waals surface area (Å²) in [7, 11) is -4.83. The molecule has 1 aromatic carbocycles. The fraction of sp³-hybridized carbons (Fsp3) is 0.786. The molecule has 0 spiro atoms. The van der Waals surface area contributed by atoms with Crippen LogP contribution < -0.4 is 29.6 Å². The maximum Gasteiger partial charge on any atom is 1.00 e. The van der Waals surface area contributed by atoms with E-state index in [1.165, 1.54) is 205 Å². The standard InChI is InChI=1S/C56H98O7S.Na/c1-3-5-7-9-11-13-15-17-19-21-23-25-27-29-31-33-35-37-39-41-43-45-49-62-55(57)53-48-47-52(64(59,60)61)51-54(53)56(58)63-50-46-44-42-40-38-36-34-32-30-28-26-24-22-20-18-16-14-12-10-8-6-4-2;/h37-40,47-48,51H,3-36,41-46,49-50H2,1-2H3,(H,59,60,61);/q;+1/p-1/b39-37+,40-38+;. The van der Waals surface area contributed by atoms with Crippen molar-refractivity contribution in [3.8, 4) is 0 Å². The Labute approximate surface area is 423 Å². The van der Waals surface area contributed by atoms with Crippen molar-refractivity contribution < 1.29 is 61.6 Å². The molecule has 0 atom stereocenters. The number of unbranched alkanes of at least 4 members (excludes halogenated alkanes) is 36. The number of rotatable bonds is 47. The summed E-state index contributed by atoms with van der Waals surface area (Å²) in [4.78, 5) is 25.4. The van der Waals surface area contributed by atoms with E-state index in [2.05, 4.69) is 38.2 Å². The first-order valence-corrected chi connectivity index (χ1v) is 28.5. The van der Waals surface area contributed by atoms with Gasteiger partial charge in [0.15, 0.2) is 0 Å². The molecule has 0 N–H and O–H groups in total. The van der Waals surface area contributed by atoms with Gasteiger partial charge in [0.2, 0.25) is 0 Å². The van der Waals surface area contributed by atoms with Gasteiger partial charge in [-0.3, -0.25) is 0 Å². The molecule has 0 aromatic heterocycles. The van der Waals surface area contributed by atoms with E-state index in [9.17, 15) is 22.6 Å². The number of benzene rings is 1. The third-order valence-corrected chi connectivity index (χ3v) is 13.3. The first kappa shape index (κ1) is 63.5. The van der Waals surface area contributed by atoms with Crippen LogP contribution in [-0.2, 0) is 19.6 Å². The summed E-state index contributed by atoms with van der Waals surface area (Å²) in [5, 5.41) is 0. The van der Waals surface area contributed by atoms with Crippen molar-refractivity contribution in [2.75, 3.05) is 13.2 Å². The van der Waals surface area contributed by atoms with Gasteiger partial charge in [0.1, 0.15) is 10.1 Å². The summed E-state index contributed by atoms with van der Waals surface area (Å²) in [5.41, 5.74) is -0.370. The molecule has 0 fully saturated rings. The molecule has 1 rings (SSSR count). The molecule has 0 amide bonds. The summed E-state index contributed by atoms with van der Waals surface area (Å²) < 4.78 is 46.0. The number of hydrogen-bond donors (Lipinski definition) is 0. The Balaban J connectivity index is 0.0000410. The summed E-state index contributed by atoms with van der Waals surface area (Å²) in [6.45, 7) is 4.86. The van der Waals surface area contributed by atoms with Gasteiger partial charge < -0.3 is 14.0 Å². The van der Waals surface area contributed by atoms with Gasteiger partial charge >= 0.3 is 41.5 Å². The second-order valence-corrected chi connectivity index (χ2v) is 19.9. The summed E-state index contributed by atoms with van der Waals surface area (Å²) >= 11 is 0. The maximum absolute atomic E-state index is 13.0. The van der Waals surface area contributed by atoms with E-state index in [1.54, 1.807) is 0 Å². The first-order chi connectivity index (χ1) is 31.3. The largest absolute Gasteiger partial charge is 1.00 e. The minimum Gasteiger partial charge on any atom is -0.744 e. The van der Waals surface area contributed by atoms with Crippen molar-refractivity contribution in [2.45, 2.75) is 276 Å². The van der Waals surface area contributed by atoms with Crippen molar-refractivity contribution in [3.63, 3.8) is 0 Å². The minimum absolute atomic E-state index is 0. The van der Waals surface area contributed by atoms with Crippen molar-refractivity contribution in [3.05, 3.63) is 53.6 Å². The molecule has 0 saturated carbocycles. The number of ether oxygens (including phenoxy) is 2. The number of hydrogen-bond acceptors (Lipinski definition) is 7. The topological polar surface area (TPSA) is 110 Å². The van der Waals surface area contributed by atoms with Gasteiger partial charge in [-0.05, 0) is 82.4 Å². The predicted octanol–water partition coefficient (Wildman–Crippen LogP) is 14.7. The fourth-order valence-corrected chi connectivity index (χ4v) is 8.83. The molecule has 370 valence electrons. The van der Waals surface area contributed by atoms with E-state index >= 15 is 0 Å². The normalized spacial score (nSPS) is 11.7. The quantitative estimate of drug-likeness (QED) is 0.0210. The molecule has 0 heterocycles. The number of allylic oxidation sites excluding steroid dienone is 4. The number of carbonyl (C=O) groups excluding carboxylic acids is 2. The molecule has 1 aromatic rings. The molecule has 9 heteroatoms. The Hall–Kier alpha value is -1.45. The van der Waals surface area contributed by atoms with Crippen LogP contribution in [0, 0.1) is 0 Å². The molecular formula is C56H97NaO7S. The first-order valence-electron chi connectivity index (χ1n) is 27.0. The van der Waals surface area contributed by atoms with Crippen molar-refractivity contribution in [1.29, 1.82) is 0 Å². The summed E-state index contributed by atoms with van der Waals surface area (Å²) in [6.07, 6.45) is 59.7. The van der Waals surface area contributed by atoms with Crippen LogP contribution >= 0.6 is 0 Å². The third kappa shape index (κ3) is 40.2. The van der Waals surface area contributed by atoms with Crippen LogP contribution in [0.25, 0.3) is 0 Å². The van der Waals surface area contributed by atoms with Crippen molar-refractivity contribution in [2.24, 2.45) is 0 Å². The maximum atomic E-state index is 13.0. The van der Waals surface area contributed by atoms with Crippen LogP contribution in [0.4, 0.5) is 0 Å². The third-order valence-electron chi connectivity index (χ3n) is 12.5. The van der Waals surface area contributed by atoms with Gasteiger partial charge in [-0.15, -0.1) is 0 Å². The molecule has 65 heavy (non-hydrogen) atoms. The van der Waals surface area contributed by atoms with Crippen LogP contribution in [0.2, 0.25) is 0 Å². The van der Waals surface area contributed by atoms with Crippen LogP contribution in [0.15, 0.2) is 47.4 Å². The van der Waals surface area contributed by atoms with E-state index in [1.807, 2.05) is 0 Å². The van der Waals surface area contributed by atoms with Gasteiger partial charge in [0, 0.05) is 0 Å². The number of esters is 2. The zero-order valence-electron chi connectivity index (χ0n) is 42.5. The summed E-state index contributed by atoms with van der Waals surface area (Å²) in [6, 6.07) is 3.12. The Morgan fingerprint density at radius 3 is 0.969 bits per heavy atom. The molecule has 0 aliphatic heterocycles. The molecule has 0 aliphatic carbocycles. The Kier molecular flexibility index (Phi) is 46.5. The molecule has 7 nitrogen and oxygen atoms in total. The molecule has 0 saturated heterocycles.